The van der Waals surface area contributed by atoms with Crippen LogP contribution in [0.3, 0.4) is 0 Å². The second-order valence-corrected chi connectivity index (χ2v) is 5.20. The van der Waals surface area contributed by atoms with E-state index < -0.39 is 0 Å². The van der Waals surface area contributed by atoms with Crippen LogP contribution in [0.4, 0.5) is 0 Å². The van der Waals surface area contributed by atoms with Gasteiger partial charge in [-0.1, -0.05) is 18.2 Å². The minimum Gasteiger partial charge on any atom is -0.492 e. The quantitative estimate of drug-likeness (QED) is 0.690. The molecule has 1 saturated carbocycles. The average Bonchev–Trinajstić information content (AvgIpc) is 3.22. The first kappa shape index (κ1) is 14.1. The molecule has 0 spiro atoms. The van der Waals surface area contributed by atoms with E-state index in [9.17, 15) is 0 Å². The van der Waals surface area contributed by atoms with Gasteiger partial charge < -0.3 is 10.1 Å². The van der Waals surface area contributed by atoms with Crippen LogP contribution in [0.25, 0.3) is 0 Å². The first-order chi connectivity index (χ1) is 9.28. The Kier molecular flexibility index (Phi) is 5.43. The molecule has 0 atom stereocenters. The van der Waals surface area contributed by atoms with E-state index in [1.54, 1.807) is 0 Å². The number of nitrogens with one attached hydrogen (secondary N) is 1. The van der Waals surface area contributed by atoms with Gasteiger partial charge in [0.05, 0.1) is 0 Å². The monoisotopic (exact) mass is 260 g/mol. The van der Waals surface area contributed by atoms with Crippen LogP contribution >= 0.6 is 0 Å². The summed E-state index contributed by atoms with van der Waals surface area (Å²) in [6.07, 6.45) is 4.57. The van der Waals surface area contributed by atoms with Gasteiger partial charge in [-0.3, -0.25) is 4.90 Å². The second-order valence-electron chi connectivity index (χ2n) is 5.20. The normalized spacial score (nSPS) is 14.6. The van der Waals surface area contributed by atoms with Crippen LogP contribution in [0, 0.1) is 0 Å². The van der Waals surface area contributed by atoms with Gasteiger partial charge in [0.15, 0.2) is 0 Å². The zero-order chi connectivity index (χ0) is 13.5. The molecule has 19 heavy (non-hydrogen) atoms. The van der Waals surface area contributed by atoms with Gasteiger partial charge in [-0.25, -0.2) is 0 Å². The highest BCUT2D eigenvalue weighted by molar-refractivity contribution is 5.27. The van der Waals surface area contributed by atoms with Crippen LogP contribution in [-0.2, 0) is 6.54 Å². The molecule has 3 nitrogen and oxygen atoms in total. The van der Waals surface area contributed by atoms with Crippen LogP contribution in [0.2, 0.25) is 0 Å². The molecule has 0 heterocycles. The van der Waals surface area contributed by atoms with Gasteiger partial charge in [-0.2, -0.15) is 0 Å². The smallest absolute Gasteiger partial charge is 0.119 e. The minimum atomic E-state index is 0.712. The molecule has 0 bridgehead atoms. The van der Waals surface area contributed by atoms with E-state index in [0.717, 1.165) is 31.4 Å². The van der Waals surface area contributed by atoms with Gasteiger partial charge in [0, 0.05) is 25.7 Å². The summed E-state index contributed by atoms with van der Waals surface area (Å²) in [5, 5.41) is 3.51. The van der Waals surface area contributed by atoms with Gasteiger partial charge in [-0.05, 0) is 37.6 Å². The predicted octanol–water partition coefficient (Wildman–Crippen LogP) is 2.44. The van der Waals surface area contributed by atoms with Crippen molar-refractivity contribution < 1.29 is 4.74 Å². The van der Waals surface area contributed by atoms with Gasteiger partial charge in [0.25, 0.3) is 0 Å². The molecule has 0 unspecified atom stereocenters. The zero-order valence-electron chi connectivity index (χ0n) is 11.8. The lowest BCUT2D eigenvalue weighted by molar-refractivity contribution is 0.249. The SMILES string of the molecule is C=CCN(C)CCOc1ccc(CNC2CC2)cc1. The van der Waals surface area contributed by atoms with Crippen LogP contribution < -0.4 is 10.1 Å². The van der Waals surface area contributed by atoms with E-state index >= 15 is 0 Å². The Morgan fingerprint density at radius 3 is 2.74 bits per heavy atom. The van der Waals surface area contributed by atoms with E-state index in [4.69, 9.17) is 4.74 Å². The van der Waals surface area contributed by atoms with Crippen molar-refractivity contribution in [1.29, 1.82) is 0 Å². The number of rotatable bonds is 9. The van der Waals surface area contributed by atoms with Crippen molar-refractivity contribution >= 4 is 0 Å². The van der Waals surface area contributed by atoms with Crippen molar-refractivity contribution in [1.82, 2.24) is 10.2 Å². The molecule has 1 N–H and O–H groups in total. The first-order valence-electron chi connectivity index (χ1n) is 7.02. The number of likely N-dealkylation sites (N-methyl/N-ethyl adjacent to an activating group) is 1. The molecule has 3 heteroatoms. The summed E-state index contributed by atoms with van der Waals surface area (Å²) >= 11 is 0. The van der Waals surface area contributed by atoms with Crippen molar-refractivity contribution in [2.24, 2.45) is 0 Å². The van der Waals surface area contributed by atoms with E-state index in [1.165, 1.54) is 18.4 Å². The predicted molar refractivity (Wildman–Crippen MR) is 79.5 cm³/mol. The summed E-state index contributed by atoms with van der Waals surface area (Å²) in [7, 11) is 2.07. The summed E-state index contributed by atoms with van der Waals surface area (Å²) in [6.45, 7) is 7.21. The van der Waals surface area contributed by atoms with Crippen LogP contribution in [0.15, 0.2) is 36.9 Å². The molecule has 0 saturated heterocycles. The van der Waals surface area contributed by atoms with Crippen molar-refractivity contribution in [2.45, 2.75) is 25.4 Å². The second kappa shape index (κ2) is 7.31. The highest BCUT2D eigenvalue weighted by Crippen LogP contribution is 2.19. The first-order valence-corrected chi connectivity index (χ1v) is 7.02. The number of nitrogens with zero attached hydrogens (tertiary/aromatic N) is 1. The lowest BCUT2D eigenvalue weighted by Gasteiger charge is -2.14. The van der Waals surface area contributed by atoms with E-state index in [0.29, 0.717) is 6.61 Å². The van der Waals surface area contributed by atoms with Crippen LogP contribution in [0.1, 0.15) is 18.4 Å². The summed E-state index contributed by atoms with van der Waals surface area (Å²) in [6, 6.07) is 9.14. The fourth-order valence-corrected chi connectivity index (χ4v) is 1.88. The maximum Gasteiger partial charge on any atom is 0.119 e. The van der Waals surface area contributed by atoms with Gasteiger partial charge >= 0.3 is 0 Å². The van der Waals surface area contributed by atoms with E-state index in [1.807, 2.05) is 6.08 Å². The Morgan fingerprint density at radius 1 is 1.37 bits per heavy atom. The number of hydrogen-bond acceptors (Lipinski definition) is 3. The Balaban J connectivity index is 1.67. The van der Waals surface area contributed by atoms with E-state index in [2.05, 4.69) is 48.1 Å². The fourth-order valence-electron chi connectivity index (χ4n) is 1.88. The lowest BCUT2D eigenvalue weighted by Crippen LogP contribution is -2.24. The maximum absolute atomic E-state index is 5.72. The zero-order valence-corrected chi connectivity index (χ0v) is 11.8. The van der Waals surface area contributed by atoms with E-state index in [-0.39, 0.29) is 0 Å². The maximum atomic E-state index is 5.72. The molecule has 0 radical (unpaired) electrons. The van der Waals surface area contributed by atoms with Gasteiger partial charge in [0.1, 0.15) is 12.4 Å². The standard InChI is InChI=1S/C16H24N2O/c1-3-10-18(2)11-12-19-16-8-4-14(5-9-16)13-17-15-6-7-15/h3-5,8-9,15,17H,1,6-7,10-13H2,2H3. The molecule has 1 aliphatic rings. The molecule has 1 aromatic rings. The largest absolute Gasteiger partial charge is 0.492 e. The van der Waals surface area contributed by atoms with Gasteiger partial charge in [0.2, 0.25) is 0 Å². The van der Waals surface area contributed by atoms with Crippen molar-refractivity contribution in [3.63, 3.8) is 0 Å². The number of ether oxygens (including phenoxy) is 1. The topological polar surface area (TPSA) is 24.5 Å². The third kappa shape index (κ3) is 5.45. The highest BCUT2D eigenvalue weighted by atomic mass is 16.5. The molecule has 1 aromatic carbocycles. The summed E-state index contributed by atoms with van der Waals surface area (Å²) in [5.74, 6) is 0.946. The van der Waals surface area contributed by atoms with Crippen molar-refractivity contribution in [2.75, 3.05) is 26.7 Å². The van der Waals surface area contributed by atoms with Crippen LogP contribution in [0.5, 0.6) is 5.75 Å². The Bertz CT molecular complexity index is 384. The molecular weight excluding hydrogens is 236 g/mol. The number of benzene rings is 1. The van der Waals surface area contributed by atoms with Gasteiger partial charge in [-0.15, -0.1) is 6.58 Å². The molecule has 1 fully saturated rings. The molecule has 104 valence electrons. The summed E-state index contributed by atoms with van der Waals surface area (Å²) in [5.41, 5.74) is 1.32. The Hall–Kier alpha value is -1.32. The third-order valence-corrected chi connectivity index (χ3v) is 3.28. The van der Waals surface area contributed by atoms with Crippen LogP contribution in [-0.4, -0.2) is 37.7 Å². The molecular formula is C16H24N2O. The Morgan fingerprint density at radius 2 is 2.11 bits per heavy atom. The Labute approximate surface area is 116 Å². The molecule has 2 rings (SSSR count). The summed E-state index contributed by atoms with van der Waals surface area (Å²) < 4.78 is 5.72. The molecule has 1 aliphatic carbocycles. The minimum absolute atomic E-state index is 0.712. The summed E-state index contributed by atoms with van der Waals surface area (Å²) in [4.78, 5) is 2.18. The van der Waals surface area contributed by atoms with Crippen molar-refractivity contribution in [3.05, 3.63) is 42.5 Å². The van der Waals surface area contributed by atoms with Crippen molar-refractivity contribution in [3.8, 4) is 5.75 Å². The third-order valence-electron chi connectivity index (χ3n) is 3.28. The highest BCUT2D eigenvalue weighted by Gasteiger charge is 2.19. The molecule has 0 aliphatic heterocycles. The molecule has 0 aromatic heterocycles. The number of hydrogen-bond donors (Lipinski definition) is 1. The molecule has 0 amide bonds. The fraction of sp³-hybridized carbons (Fsp3) is 0.500. The average molecular weight is 260 g/mol. The lowest BCUT2D eigenvalue weighted by atomic mass is 10.2.